The Labute approximate surface area is 157 Å². The molecule has 0 heterocycles. The summed E-state index contributed by atoms with van der Waals surface area (Å²) in [5.41, 5.74) is 4.35. The first-order valence-corrected chi connectivity index (χ1v) is 9.57. The van der Waals surface area contributed by atoms with E-state index in [1.54, 1.807) is 6.92 Å². The Hall–Kier alpha value is -2.29. The second-order valence-electron chi connectivity index (χ2n) is 7.25. The van der Waals surface area contributed by atoms with E-state index in [0.717, 1.165) is 29.0 Å². The summed E-state index contributed by atoms with van der Waals surface area (Å²) >= 11 is 0. The highest BCUT2D eigenvalue weighted by atomic mass is 16.5. The summed E-state index contributed by atoms with van der Waals surface area (Å²) in [4.78, 5) is 12.5. The molecule has 3 heteroatoms. The van der Waals surface area contributed by atoms with E-state index >= 15 is 0 Å². The minimum absolute atomic E-state index is 0.137. The highest BCUT2D eigenvalue weighted by molar-refractivity contribution is 5.94. The van der Waals surface area contributed by atoms with Crippen molar-refractivity contribution < 1.29 is 9.53 Å². The van der Waals surface area contributed by atoms with E-state index in [2.05, 4.69) is 50.4 Å². The van der Waals surface area contributed by atoms with E-state index in [9.17, 15) is 4.79 Å². The lowest BCUT2D eigenvalue weighted by Crippen LogP contribution is -2.30. The van der Waals surface area contributed by atoms with Crippen LogP contribution in [0.2, 0.25) is 0 Å². The average Bonchev–Trinajstić information content (AvgIpc) is 2.60. The normalized spacial score (nSPS) is 12.1. The van der Waals surface area contributed by atoms with Crippen molar-refractivity contribution in [2.45, 2.75) is 65.9 Å². The summed E-state index contributed by atoms with van der Waals surface area (Å²) < 4.78 is 5.99. The largest absolute Gasteiger partial charge is 0.481 e. The number of amides is 1. The Morgan fingerprint density at radius 2 is 1.77 bits per heavy atom. The highest BCUT2D eigenvalue weighted by Gasteiger charge is 2.17. The van der Waals surface area contributed by atoms with E-state index < -0.39 is 6.10 Å². The fourth-order valence-electron chi connectivity index (χ4n) is 2.84. The summed E-state index contributed by atoms with van der Waals surface area (Å²) in [5, 5.41) is 2.94. The molecule has 0 bridgehead atoms. The molecular formula is C23H31NO2. The molecule has 1 atom stereocenters. The monoisotopic (exact) mass is 353 g/mol. The maximum atomic E-state index is 12.5. The van der Waals surface area contributed by atoms with Crippen LogP contribution in [0.15, 0.2) is 42.5 Å². The van der Waals surface area contributed by atoms with Crippen LogP contribution in [0, 0.1) is 6.92 Å². The molecule has 0 aromatic heterocycles. The zero-order valence-corrected chi connectivity index (χ0v) is 16.6. The summed E-state index contributed by atoms with van der Waals surface area (Å²) in [5.74, 6) is 0.997. The topological polar surface area (TPSA) is 38.3 Å². The van der Waals surface area contributed by atoms with E-state index in [-0.39, 0.29) is 5.91 Å². The van der Waals surface area contributed by atoms with E-state index in [1.165, 1.54) is 18.4 Å². The number of carbonyl (C=O) groups excluding carboxylic acids is 1. The highest BCUT2D eigenvalue weighted by Crippen LogP contribution is 2.28. The summed E-state index contributed by atoms with van der Waals surface area (Å²) in [6, 6.07) is 14.2. The third kappa shape index (κ3) is 5.62. The molecule has 1 amide bonds. The number of hydrogen-bond donors (Lipinski definition) is 1. The lowest BCUT2D eigenvalue weighted by molar-refractivity contribution is -0.122. The number of hydrogen-bond acceptors (Lipinski definition) is 2. The predicted octanol–water partition coefficient (Wildman–Crippen LogP) is 5.87. The van der Waals surface area contributed by atoms with Crippen LogP contribution in [-0.4, -0.2) is 12.0 Å². The van der Waals surface area contributed by atoms with E-state index in [0.29, 0.717) is 5.92 Å². The quantitative estimate of drug-likeness (QED) is 0.645. The third-order valence-corrected chi connectivity index (χ3v) is 4.50. The van der Waals surface area contributed by atoms with Crippen LogP contribution in [0.25, 0.3) is 0 Å². The average molecular weight is 354 g/mol. The van der Waals surface area contributed by atoms with Gasteiger partial charge >= 0.3 is 0 Å². The van der Waals surface area contributed by atoms with Crippen LogP contribution >= 0.6 is 0 Å². The SMILES string of the molecule is CCCCc1ccc(NC(=O)[C@H](C)Oc2cc(C)ccc2C(C)C)cc1. The smallest absolute Gasteiger partial charge is 0.265 e. The molecule has 2 aromatic carbocycles. The Kier molecular flexibility index (Phi) is 7.26. The van der Waals surface area contributed by atoms with Crippen LogP contribution in [0.3, 0.4) is 0 Å². The van der Waals surface area contributed by atoms with Crippen molar-refractivity contribution in [3.8, 4) is 5.75 Å². The van der Waals surface area contributed by atoms with Gasteiger partial charge in [-0.2, -0.15) is 0 Å². The molecule has 0 aliphatic rings. The zero-order valence-electron chi connectivity index (χ0n) is 16.6. The molecule has 3 nitrogen and oxygen atoms in total. The van der Waals surface area contributed by atoms with Crippen molar-refractivity contribution >= 4 is 11.6 Å². The number of anilines is 1. The van der Waals surface area contributed by atoms with Crippen LogP contribution in [0.5, 0.6) is 5.75 Å². The van der Waals surface area contributed by atoms with Gasteiger partial charge in [-0.1, -0.05) is 51.5 Å². The molecular weight excluding hydrogens is 322 g/mol. The number of benzene rings is 2. The van der Waals surface area contributed by atoms with Crippen molar-refractivity contribution in [2.24, 2.45) is 0 Å². The molecule has 0 aliphatic carbocycles. The molecule has 1 N–H and O–H groups in total. The van der Waals surface area contributed by atoms with Crippen molar-refractivity contribution in [1.29, 1.82) is 0 Å². The number of nitrogens with one attached hydrogen (secondary N) is 1. The molecule has 0 fully saturated rings. The number of aryl methyl sites for hydroxylation is 2. The maximum absolute atomic E-state index is 12.5. The second kappa shape index (κ2) is 9.42. The Bertz CT molecular complexity index is 719. The van der Waals surface area contributed by atoms with Crippen LogP contribution in [0.4, 0.5) is 5.69 Å². The third-order valence-electron chi connectivity index (χ3n) is 4.50. The maximum Gasteiger partial charge on any atom is 0.265 e. The van der Waals surface area contributed by atoms with Crippen molar-refractivity contribution in [2.75, 3.05) is 5.32 Å². The first-order chi connectivity index (χ1) is 12.4. The molecule has 0 saturated carbocycles. The Balaban J connectivity index is 2.01. The predicted molar refractivity (Wildman–Crippen MR) is 109 cm³/mol. The molecule has 0 spiro atoms. The zero-order chi connectivity index (χ0) is 19.1. The molecule has 0 saturated heterocycles. The molecule has 2 aromatic rings. The van der Waals surface area contributed by atoms with Gasteiger partial charge in [0.1, 0.15) is 5.75 Å². The van der Waals surface area contributed by atoms with Gasteiger partial charge in [0.25, 0.3) is 5.91 Å². The van der Waals surface area contributed by atoms with Gasteiger partial charge in [-0.25, -0.2) is 0 Å². The lowest BCUT2D eigenvalue weighted by Gasteiger charge is -2.19. The van der Waals surface area contributed by atoms with Gasteiger partial charge in [0, 0.05) is 5.69 Å². The van der Waals surface area contributed by atoms with Crippen LogP contribution in [-0.2, 0) is 11.2 Å². The van der Waals surface area contributed by atoms with Gasteiger partial charge in [0.2, 0.25) is 0 Å². The Morgan fingerprint density at radius 1 is 1.08 bits per heavy atom. The van der Waals surface area contributed by atoms with Crippen molar-refractivity contribution in [3.63, 3.8) is 0 Å². The molecule has 0 aliphatic heterocycles. The van der Waals surface area contributed by atoms with Gasteiger partial charge in [0.15, 0.2) is 6.10 Å². The van der Waals surface area contributed by atoms with Crippen molar-refractivity contribution in [1.82, 2.24) is 0 Å². The van der Waals surface area contributed by atoms with Crippen LogP contribution in [0.1, 0.15) is 63.1 Å². The molecule has 2 rings (SSSR count). The second-order valence-corrected chi connectivity index (χ2v) is 7.25. The number of unbranched alkanes of at least 4 members (excludes halogenated alkanes) is 1. The minimum atomic E-state index is -0.561. The van der Waals surface area contributed by atoms with Gasteiger partial charge in [-0.15, -0.1) is 0 Å². The standard InChI is InChI=1S/C23H31NO2/c1-6-7-8-19-10-12-20(13-11-19)24-23(25)18(5)26-22-15-17(4)9-14-21(22)16(2)3/h9-16,18H,6-8H2,1-5H3,(H,24,25)/t18-/m0/s1. The number of rotatable bonds is 8. The lowest BCUT2D eigenvalue weighted by atomic mass is 10.0. The minimum Gasteiger partial charge on any atom is -0.481 e. The number of ether oxygens (including phenoxy) is 1. The molecule has 140 valence electrons. The van der Waals surface area contributed by atoms with E-state index in [4.69, 9.17) is 4.74 Å². The number of carbonyl (C=O) groups is 1. The Morgan fingerprint density at radius 3 is 2.38 bits per heavy atom. The molecule has 0 unspecified atom stereocenters. The van der Waals surface area contributed by atoms with Gasteiger partial charge in [0.05, 0.1) is 0 Å². The van der Waals surface area contributed by atoms with E-state index in [1.807, 2.05) is 25.1 Å². The fourth-order valence-corrected chi connectivity index (χ4v) is 2.84. The first kappa shape index (κ1) is 20.0. The summed E-state index contributed by atoms with van der Waals surface area (Å²) in [6.07, 6.45) is 2.89. The van der Waals surface area contributed by atoms with Gasteiger partial charge in [-0.05, 0) is 67.5 Å². The first-order valence-electron chi connectivity index (χ1n) is 9.57. The van der Waals surface area contributed by atoms with Crippen molar-refractivity contribution in [3.05, 3.63) is 59.2 Å². The molecule has 0 radical (unpaired) electrons. The molecule has 26 heavy (non-hydrogen) atoms. The van der Waals surface area contributed by atoms with Crippen LogP contribution < -0.4 is 10.1 Å². The van der Waals surface area contributed by atoms with Gasteiger partial charge < -0.3 is 10.1 Å². The summed E-state index contributed by atoms with van der Waals surface area (Å²) in [7, 11) is 0. The summed E-state index contributed by atoms with van der Waals surface area (Å²) in [6.45, 7) is 10.3. The fraction of sp³-hybridized carbons (Fsp3) is 0.435. The van der Waals surface area contributed by atoms with Gasteiger partial charge in [-0.3, -0.25) is 4.79 Å².